The molecule has 2 aliphatic rings. The first-order valence-electron chi connectivity index (χ1n) is 6.31. The molecule has 3 N–H and O–H groups in total. The molecule has 16 heavy (non-hydrogen) atoms. The average molecular weight is 226 g/mol. The molecule has 0 bridgehead atoms. The molecule has 4 nitrogen and oxygen atoms in total. The van der Waals surface area contributed by atoms with Crippen molar-refractivity contribution < 1.29 is 9.90 Å². The first kappa shape index (κ1) is 11.9. The Bertz CT molecular complexity index is 282. The van der Waals surface area contributed by atoms with Crippen molar-refractivity contribution in [2.75, 3.05) is 6.54 Å². The van der Waals surface area contributed by atoms with Gasteiger partial charge < -0.3 is 10.8 Å². The Morgan fingerprint density at radius 2 is 2.19 bits per heavy atom. The molecule has 92 valence electrons. The van der Waals surface area contributed by atoms with Crippen LogP contribution >= 0.6 is 0 Å². The van der Waals surface area contributed by atoms with Crippen LogP contribution in [0.2, 0.25) is 0 Å². The lowest BCUT2D eigenvalue weighted by Gasteiger charge is -2.40. The van der Waals surface area contributed by atoms with Gasteiger partial charge in [0.1, 0.15) is 5.54 Å². The van der Waals surface area contributed by atoms with E-state index >= 15 is 0 Å². The summed E-state index contributed by atoms with van der Waals surface area (Å²) < 4.78 is 0. The van der Waals surface area contributed by atoms with E-state index in [0.29, 0.717) is 24.9 Å². The van der Waals surface area contributed by atoms with E-state index in [2.05, 4.69) is 11.8 Å². The van der Waals surface area contributed by atoms with Crippen LogP contribution in [-0.4, -0.2) is 40.1 Å². The Labute approximate surface area is 96.8 Å². The maximum Gasteiger partial charge on any atom is 0.323 e. The van der Waals surface area contributed by atoms with Crippen LogP contribution in [0.3, 0.4) is 0 Å². The van der Waals surface area contributed by atoms with Crippen LogP contribution in [0.1, 0.15) is 45.4 Å². The third-order valence-corrected chi connectivity index (χ3v) is 4.26. The zero-order chi connectivity index (χ0) is 11.8. The van der Waals surface area contributed by atoms with E-state index in [-0.39, 0.29) is 0 Å². The van der Waals surface area contributed by atoms with Gasteiger partial charge in [-0.25, -0.2) is 0 Å². The van der Waals surface area contributed by atoms with Crippen molar-refractivity contribution in [2.45, 2.75) is 63.1 Å². The van der Waals surface area contributed by atoms with E-state index in [1.54, 1.807) is 0 Å². The summed E-state index contributed by atoms with van der Waals surface area (Å²) in [5, 5.41) is 9.18. The molecule has 0 radical (unpaired) electrons. The Hall–Kier alpha value is -0.610. The topological polar surface area (TPSA) is 66.6 Å². The zero-order valence-corrected chi connectivity index (χ0v) is 9.98. The molecule has 3 unspecified atom stereocenters. The molecule has 4 heteroatoms. The molecule has 2 rings (SSSR count). The number of carboxylic acid groups (broad SMARTS) is 1. The van der Waals surface area contributed by atoms with E-state index in [1.807, 2.05) is 0 Å². The van der Waals surface area contributed by atoms with Crippen LogP contribution in [0.4, 0.5) is 0 Å². The second kappa shape index (κ2) is 4.34. The summed E-state index contributed by atoms with van der Waals surface area (Å²) in [4.78, 5) is 13.6. The fraction of sp³-hybridized carbons (Fsp3) is 0.917. The highest BCUT2D eigenvalue weighted by atomic mass is 16.4. The molecule has 0 aromatic rings. The number of nitrogens with zero attached hydrogens (tertiary/aromatic N) is 1. The van der Waals surface area contributed by atoms with Crippen molar-refractivity contribution in [3.05, 3.63) is 0 Å². The first-order valence-corrected chi connectivity index (χ1v) is 6.31. The summed E-state index contributed by atoms with van der Waals surface area (Å²) in [7, 11) is 0. The molecular formula is C12H22N2O2. The van der Waals surface area contributed by atoms with Crippen molar-refractivity contribution in [1.82, 2.24) is 4.90 Å². The Morgan fingerprint density at radius 3 is 2.75 bits per heavy atom. The van der Waals surface area contributed by atoms with Crippen molar-refractivity contribution >= 4 is 5.97 Å². The molecule has 1 aliphatic carbocycles. The van der Waals surface area contributed by atoms with Crippen LogP contribution in [-0.2, 0) is 4.79 Å². The van der Waals surface area contributed by atoms with Crippen LogP contribution in [0, 0.1) is 0 Å². The van der Waals surface area contributed by atoms with Gasteiger partial charge in [-0.1, -0.05) is 0 Å². The molecule has 0 amide bonds. The van der Waals surface area contributed by atoms with Gasteiger partial charge in [-0.2, -0.15) is 0 Å². The molecule has 1 saturated heterocycles. The summed E-state index contributed by atoms with van der Waals surface area (Å²) in [6.45, 7) is 3.35. The minimum absolute atomic E-state index is 0.382. The number of aliphatic carboxylic acids is 1. The second-order valence-corrected chi connectivity index (χ2v) is 5.44. The molecule has 0 aromatic carbocycles. The Kier molecular flexibility index (Phi) is 3.22. The molecule has 3 atom stereocenters. The Morgan fingerprint density at radius 1 is 1.44 bits per heavy atom. The van der Waals surface area contributed by atoms with Crippen molar-refractivity contribution in [3.8, 4) is 0 Å². The predicted octanol–water partition coefficient (Wildman–Crippen LogP) is 1.20. The third-order valence-electron chi connectivity index (χ3n) is 4.26. The van der Waals surface area contributed by atoms with Crippen molar-refractivity contribution in [3.63, 3.8) is 0 Å². The largest absolute Gasteiger partial charge is 0.480 e. The third kappa shape index (κ3) is 2.09. The standard InChI is InChI=1S/C12H22N2O2/c1-9-4-3-7-14(9)10-5-2-6-12(13,8-10)11(15)16/h9-10H,2-8,13H2,1H3,(H,15,16). The van der Waals surface area contributed by atoms with Crippen LogP contribution in [0.25, 0.3) is 0 Å². The molecule has 2 fully saturated rings. The summed E-state index contributed by atoms with van der Waals surface area (Å²) in [6.07, 6.45) is 5.77. The number of nitrogens with two attached hydrogens (primary N) is 1. The van der Waals surface area contributed by atoms with E-state index in [4.69, 9.17) is 5.73 Å². The minimum Gasteiger partial charge on any atom is -0.480 e. The maximum atomic E-state index is 11.2. The van der Waals surface area contributed by atoms with Crippen LogP contribution in [0.5, 0.6) is 0 Å². The molecule has 1 saturated carbocycles. The highest BCUT2D eigenvalue weighted by molar-refractivity contribution is 5.78. The van der Waals surface area contributed by atoms with Gasteiger partial charge in [-0.05, 0) is 52.0 Å². The summed E-state index contributed by atoms with van der Waals surface area (Å²) in [5.74, 6) is -0.830. The maximum absolute atomic E-state index is 11.2. The van der Waals surface area contributed by atoms with Crippen molar-refractivity contribution in [1.29, 1.82) is 0 Å². The molecule has 1 heterocycles. The van der Waals surface area contributed by atoms with Crippen LogP contribution in [0.15, 0.2) is 0 Å². The minimum atomic E-state index is -0.981. The number of carbonyl (C=O) groups is 1. The molecule has 0 aromatic heterocycles. The van der Waals surface area contributed by atoms with Gasteiger partial charge in [0, 0.05) is 12.1 Å². The molecule has 1 aliphatic heterocycles. The lowest BCUT2D eigenvalue weighted by atomic mass is 9.79. The fourth-order valence-corrected chi connectivity index (χ4v) is 3.25. The Balaban J connectivity index is 2.04. The highest BCUT2D eigenvalue weighted by Crippen LogP contribution is 2.33. The van der Waals surface area contributed by atoms with Crippen molar-refractivity contribution in [2.24, 2.45) is 5.73 Å². The SMILES string of the molecule is CC1CCCN1C1CCCC(N)(C(=O)O)C1. The van der Waals surface area contributed by atoms with Gasteiger partial charge in [0.05, 0.1) is 0 Å². The smallest absolute Gasteiger partial charge is 0.323 e. The number of hydrogen-bond donors (Lipinski definition) is 2. The van der Waals surface area contributed by atoms with Gasteiger partial charge in [-0.15, -0.1) is 0 Å². The quantitative estimate of drug-likeness (QED) is 0.742. The average Bonchev–Trinajstić information content (AvgIpc) is 2.64. The van der Waals surface area contributed by atoms with Gasteiger partial charge in [0.2, 0.25) is 0 Å². The molecular weight excluding hydrogens is 204 g/mol. The van der Waals surface area contributed by atoms with E-state index in [0.717, 1.165) is 19.4 Å². The summed E-state index contributed by atoms with van der Waals surface area (Å²) in [5.41, 5.74) is 5.00. The lowest BCUT2D eigenvalue weighted by Crippen LogP contribution is -2.56. The first-order chi connectivity index (χ1) is 7.53. The molecule has 0 spiro atoms. The summed E-state index contributed by atoms with van der Waals surface area (Å²) in [6, 6.07) is 0.980. The number of likely N-dealkylation sites (tertiary alicyclic amines) is 1. The number of hydrogen-bond acceptors (Lipinski definition) is 3. The van der Waals surface area contributed by atoms with E-state index in [9.17, 15) is 9.90 Å². The predicted molar refractivity (Wildman–Crippen MR) is 62.2 cm³/mol. The normalized spacial score (nSPS) is 41.1. The number of rotatable bonds is 2. The zero-order valence-electron chi connectivity index (χ0n) is 9.98. The van der Waals surface area contributed by atoms with Gasteiger partial charge in [0.25, 0.3) is 0 Å². The highest BCUT2D eigenvalue weighted by Gasteiger charge is 2.42. The fourth-order valence-electron chi connectivity index (χ4n) is 3.25. The number of carboxylic acids is 1. The summed E-state index contributed by atoms with van der Waals surface area (Å²) >= 11 is 0. The van der Waals surface area contributed by atoms with E-state index < -0.39 is 11.5 Å². The monoisotopic (exact) mass is 226 g/mol. The lowest BCUT2D eigenvalue weighted by molar-refractivity contribution is -0.145. The van der Waals surface area contributed by atoms with Crippen LogP contribution < -0.4 is 5.73 Å². The second-order valence-electron chi connectivity index (χ2n) is 5.44. The van der Waals surface area contributed by atoms with E-state index in [1.165, 1.54) is 12.8 Å². The van der Waals surface area contributed by atoms with Gasteiger partial charge in [-0.3, -0.25) is 9.69 Å². The van der Waals surface area contributed by atoms with Gasteiger partial charge >= 0.3 is 5.97 Å². The van der Waals surface area contributed by atoms with Gasteiger partial charge in [0.15, 0.2) is 0 Å².